The number of hydrogen-bond acceptors (Lipinski definition) is 6. The number of benzene rings is 3. The fraction of sp³-hybridized carbons (Fsp3) is 0.370. The summed E-state index contributed by atoms with van der Waals surface area (Å²) in [5.74, 6) is 0.284. The first-order chi connectivity index (χ1) is 24.4. The number of phenolic OH excluding ortho intramolecular Hbond substituents is 2. The number of aliphatic hydroxyl groups is 1. The van der Waals surface area contributed by atoms with E-state index in [1.807, 2.05) is 60.8 Å². The summed E-state index contributed by atoms with van der Waals surface area (Å²) in [6.45, 7) is 18.9. The Hall–Kier alpha value is -4.81. The molecule has 3 N–H and O–H groups in total. The molecule has 0 fully saturated rings. The van der Waals surface area contributed by atoms with Gasteiger partial charge < -0.3 is 15.3 Å². The molecule has 52 heavy (non-hydrogen) atoms. The van der Waals surface area contributed by atoms with Gasteiger partial charge in [0.15, 0.2) is 0 Å². The van der Waals surface area contributed by atoms with Gasteiger partial charge in [0.25, 0.3) is 0 Å². The maximum absolute atomic E-state index is 11.2. The van der Waals surface area contributed by atoms with Crippen LogP contribution < -0.4 is 0 Å². The summed E-state index contributed by atoms with van der Waals surface area (Å²) in [6, 6.07) is 15.7. The highest BCUT2D eigenvalue weighted by Crippen LogP contribution is 2.43. The molecule has 3 unspecified atom stereocenters. The van der Waals surface area contributed by atoms with Gasteiger partial charge in [0.2, 0.25) is 0 Å². The van der Waals surface area contributed by atoms with Crippen LogP contribution in [0.25, 0.3) is 11.6 Å². The molecular weight excluding hydrogens is 643 g/mol. The Morgan fingerprint density at radius 3 is 2.02 bits per heavy atom. The fourth-order valence-electron chi connectivity index (χ4n) is 7.37. The maximum atomic E-state index is 11.2. The van der Waals surface area contributed by atoms with Crippen molar-refractivity contribution >= 4 is 36.0 Å². The predicted octanol–water partition coefficient (Wildman–Crippen LogP) is 10.2. The molecule has 3 aromatic carbocycles. The Kier molecular flexibility index (Phi) is 9.93. The largest absolute Gasteiger partial charge is 0.507 e. The Morgan fingerprint density at radius 2 is 1.40 bits per heavy atom. The van der Waals surface area contributed by atoms with E-state index in [1.54, 1.807) is 12.4 Å². The van der Waals surface area contributed by atoms with Crippen LogP contribution in [0.3, 0.4) is 0 Å². The Balaban J connectivity index is 1.37. The zero-order valence-electron chi connectivity index (χ0n) is 32.1. The minimum absolute atomic E-state index is 0.148. The van der Waals surface area contributed by atoms with Crippen LogP contribution in [0.2, 0.25) is 0 Å². The minimum Gasteiger partial charge on any atom is -0.507 e. The molecule has 0 aromatic heterocycles. The van der Waals surface area contributed by atoms with Crippen LogP contribution >= 0.6 is 0 Å². The molecule has 6 rings (SSSR count). The summed E-state index contributed by atoms with van der Waals surface area (Å²) >= 11 is 0. The van der Waals surface area contributed by atoms with Crippen molar-refractivity contribution in [1.82, 2.24) is 0 Å². The zero-order chi connectivity index (χ0) is 37.6. The topological polar surface area (TPSA) is 97.8 Å². The number of allylic oxidation sites excluding steroid dienone is 3. The summed E-state index contributed by atoms with van der Waals surface area (Å²) in [4.78, 5) is 14.9. The van der Waals surface area contributed by atoms with Gasteiger partial charge in [0.05, 0.1) is 17.8 Å². The van der Waals surface area contributed by atoms with E-state index in [0.29, 0.717) is 24.0 Å². The van der Waals surface area contributed by atoms with E-state index in [-0.39, 0.29) is 39.7 Å². The molecule has 0 aliphatic heterocycles. The van der Waals surface area contributed by atoms with Crippen LogP contribution in [-0.4, -0.2) is 46.1 Å². The Morgan fingerprint density at radius 1 is 0.769 bits per heavy atom. The number of nitrogens with zero attached hydrogens (tertiary/aromatic N) is 3. The van der Waals surface area contributed by atoms with Gasteiger partial charge in [-0.15, -0.1) is 0 Å². The van der Waals surface area contributed by atoms with Gasteiger partial charge in [-0.05, 0) is 92.0 Å². The molecule has 3 atom stereocenters. The quantitative estimate of drug-likeness (QED) is 0.224. The maximum Gasteiger partial charge on any atom is 0.128 e. The van der Waals surface area contributed by atoms with Crippen molar-refractivity contribution in [2.45, 2.75) is 98.1 Å². The van der Waals surface area contributed by atoms with Crippen LogP contribution in [0.15, 0.2) is 99.1 Å². The van der Waals surface area contributed by atoms with E-state index in [0.717, 1.165) is 44.8 Å². The average Bonchev–Trinajstić information content (AvgIpc) is 3.05. The summed E-state index contributed by atoms with van der Waals surface area (Å²) in [6.07, 6.45) is 16.4. The summed E-state index contributed by atoms with van der Waals surface area (Å²) < 4.78 is 0. The highest BCUT2D eigenvalue weighted by molar-refractivity contribution is 5.90. The van der Waals surface area contributed by atoms with Gasteiger partial charge in [-0.1, -0.05) is 111 Å². The van der Waals surface area contributed by atoms with Crippen molar-refractivity contribution < 1.29 is 15.3 Å². The number of rotatable bonds is 6. The number of hydrogen-bond donors (Lipinski definition) is 3. The standard InChI is InChI=1S/C46H53N3O3/c1-44(2,3)37-16-10-13-28(41(37)50)25-47-34-19-31-21-35(48-26-29-14-11-17-38(42(29)51)45(4,5)6)23-33-24-36(22-32(20-34)40(31)33)49-27-30-15-12-18-39(43(30)52)46(7,8)9/h10-21,24-28,36,41,50-52H,22-23H2,1-9H3. The summed E-state index contributed by atoms with van der Waals surface area (Å²) in [5.41, 5.74) is 9.79. The van der Waals surface area contributed by atoms with Crippen LogP contribution in [0.1, 0.15) is 108 Å². The van der Waals surface area contributed by atoms with Crippen molar-refractivity contribution in [2.75, 3.05) is 0 Å². The summed E-state index contributed by atoms with van der Waals surface area (Å²) in [7, 11) is 0. The number of phenols is 2. The van der Waals surface area contributed by atoms with E-state index >= 15 is 0 Å². The van der Waals surface area contributed by atoms with Crippen LogP contribution in [0, 0.1) is 11.3 Å². The predicted molar refractivity (Wildman–Crippen MR) is 218 cm³/mol. The van der Waals surface area contributed by atoms with Crippen molar-refractivity contribution in [2.24, 2.45) is 26.3 Å². The zero-order valence-corrected chi connectivity index (χ0v) is 32.1. The fourth-order valence-corrected chi connectivity index (χ4v) is 7.37. The first kappa shape index (κ1) is 37.0. The second-order valence-electron chi connectivity index (χ2n) is 17.4. The van der Waals surface area contributed by atoms with Crippen molar-refractivity contribution in [3.63, 3.8) is 0 Å². The molecule has 0 saturated carbocycles. The molecule has 0 heterocycles. The van der Waals surface area contributed by atoms with Gasteiger partial charge >= 0.3 is 0 Å². The first-order valence-electron chi connectivity index (χ1n) is 18.3. The normalized spacial score (nSPS) is 20.7. The van der Waals surface area contributed by atoms with Crippen molar-refractivity contribution in [3.05, 3.63) is 123 Å². The molecule has 0 saturated heterocycles. The lowest BCUT2D eigenvalue weighted by atomic mass is 9.77. The van der Waals surface area contributed by atoms with Crippen LogP contribution in [0.4, 0.5) is 5.69 Å². The first-order valence-corrected chi connectivity index (χ1v) is 18.3. The number of para-hydroxylation sites is 2. The number of aromatic hydroxyl groups is 2. The van der Waals surface area contributed by atoms with Crippen molar-refractivity contribution in [1.29, 1.82) is 0 Å². The highest BCUT2D eigenvalue weighted by Gasteiger charge is 2.30. The lowest BCUT2D eigenvalue weighted by Crippen LogP contribution is -2.30. The molecular formula is C46H53N3O3. The van der Waals surface area contributed by atoms with E-state index in [4.69, 9.17) is 15.0 Å². The Labute approximate surface area is 309 Å². The van der Waals surface area contributed by atoms with Crippen LogP contribution in [0.5, 0.6) is 11.5 Å². The third-order valence-electron chi connectivity index (χ3n) is 10.2. The van der Waals surface area contributed by atoms with Gasteiger partial charge in [-0.2, -0.15) is 0 Å². The molecule has 3 aliphatic rings. The third-order valence-corrected chi connectivity index (χ3v) is 10.2. The van der Waals surface area contributed by atoms with E-state index in [2.05, 4.69) is 86.6 Å². The second-order valence-corrected chi connectivity index (χ2v) is 17.4. The van der Waals surface area contributed by atoms with Crippen molar-refractivity contribution in [3.8, 4) is 11.5 Å². The molecule has 0 spiro atoms. The van der Waals surface area contributed by atoms with E-state index < -0.39 is 6.10 Å². The third kappa shape index (κ3) is 7.83. The molecule has 3 aromatic rings. The van der Waals surface area contributed by atoms with Gasteiger partial charge in [0, 0.05) is 47.8 Å². The van der Waals surface area contributed by atoms with E-state index in [1.165, 1.54) is 5.56 Å². The number of aliphatic hydroxyl groups excluding tert-OH is 1. The molecule has 270 valence electrons. The molecule has 0 bridgehead atoms. The lowest BCUT2D eigenvalue weighted by molar-refractivity contribution is 0.167. The lowest BCUT2D eigenvalue weighted by Gasteiger charge is -2.31. The second kappa shape index (κ2) is 14.0. The van der Waals surface area contributed by atoms with E-state index in [9.17, 15) is 15.3 Å². The molecule has 0 amide bonds. The summed E-state index contributed by atoms with van der Waals surface area (Å²) in [5, 5.41) is 33.4. The molecule has 3 aliphatic carbocycles. The van der Waals surface area contributed by atoms with Gasteiger partial charge in [-0.25, -0.2) is 0 Å². The monoisotopic (exact) mass is 695 g/mol. The highest BCUT2D eigenvalue weighted by atomic mass is 16.3. The van der Waals surface area contributed by atoms with Gasteiger partial charge in [-0.3, -0.25) is 15.0 Å². The Bertz CT molecular complexity index is 2090. The average molecular weight is 696 g/mol. The SMILES string of the molecule is CC(C)(C)C1=CC=CC(C=Nc2cc3c4c(c2)CC(N=Cc2cccc(C(C)(C)C)c2O)C=C4CC(N=Cc2cccc(C(C)(C)C)c2O)=C3)C1O. The smallest absolute Gasteiger partial charge is 0.128 e. The number of aliphatic imine (C=N–C) groups is 3. The minimum atomic E-state index is -0.639. The van der Waals surface area contributed by atoms with Gasteiger partial charge in [0.1, 0.15) is 11.5 Å². The van der Waals surface area contributed by atoms with Crippen LogP contribution in [-0.2, 0) is 17.3 Å². The molecule has 6 nitrogen and oxygen atoms in total. The molecule has 6 heteroatoms. The molecule has 0 radical (unpaired) electrons.